The molecule has 0 aromatic carbocycles. The third-order valence-electron chi connectivity index (χ3n) is 12.7. The van der Waals surface area contributed by atoms with Crippen LogP contribution in [0.2, 0.25) is 0 Å². The third kappa shape index (κ3) is 6.44. The predicted molar refractivity (Wildman–Crippen MR) is 158 cm³/mol. The molecule has 0 amide bonds. The number of rotatable bonds is 6. The van der Waals surface area contributed by atoms with Crippen LogP contribution in [0.1, 0.15) is 144 Å². The number of unbranched alkanes of at least 4 members (excludes halogenated alkanes) is 2. The quantitative estimate of drug-likeness (QED) is 0.272. The van der Waals surface area contributed by atoms with Crippen molar-refractivity contribution >= 4 is 6.47 Å². The third-order valence-corrected chi connectivity index (χ3v) is 12.7. The van der Waals surface area contributed by atoms with Crippen molar-refractivity contribution in [2.24, 2.45) is 51.8 Å². The zero-order valence-electron chi connectivity index (χ0n) is 25.6. The summed E-state index contributed by atoms with van der Waals surface area (Å²) in [6.45, 7) is 17.4. The van der Waals surface area contributed by atoms with Crippen LogP contribution < -0.4 is 5.32 Å². The van der Waals surface area contributed by atoms with E-state index < -0.39 is 0 Å². The highest BCUT2D eigenvalue weighted by Crippen LogP contribution is 2.71. The molecule has 3 nitrogen and oxygen atoms in total. The fourth-order valence-corrected chi connectivity index (χ4v) is 11.0. The van der Waals surface area contributed by atoms with Crippen LogP contribution >= 0.6 is 0 Å². The van der Waals surface area contributed by atoms with Crippen LogP contribution in [0, 0.1) is 51.8 Å². The Kier molecular flexibility index (Phi) is 11.4. The smallest absolute Gasteiger partial charge is 0.290 e. The minimum Gasteiger partial charge on any atom is -0.483 e. The van der Waals surface area contributed by atoms with E-state index in [2.05, 4.69) is 46.9 Å². The van der Waals surface area contributed by atoms with Crippen molar-refractivity contribution in [3.8, 4) is 0 Å². The molecule has 0 saturated heterocycles. The van der Waals surface area contributed by atoms with Gasteiger partial charge in [-0.3, -0.25) is 4.79 Å². The van der Waals surface area contributed by atoms with Crippen LogP contribution in [0.3, 0.4) is 0 Å². The number of hydrogen-bond acceptors (Lipinski definition) is 2. The van der Waals surface area contributed by atoms with Crippen LogP contribution in [0.5, 0.6) is 0 Å². The van der Waals surface area contributed by atoms with Gasteiger partial charge in [0, 0.05) is 0 Å². The number of carboxylic acid groups (broad SMARTS) is 1. The number of carbonyl (C=O) groups is 1. The molecule has 5 aliphatic rings. The van der Waals surface area contributed by atoms with Gasteiger partial charge in [0.2, 0.25) is 0 Å². The predicted octanol–water partition coefficient (Wildman–Crippen LogP) is 9.35. The van der Waals surface area contributed by atoms with Gasteiger partial charge in [-0.05, 0) is 135 Å². The molecule has 0 aromatic rings. The van der Waals surface area contributed by atoms with Crippen molar-refractivity contribution in [2.75, 3.05) is 13.1 Å². The first-order chi connectivity index (χ1) is 17.7. The van der Waals surface area contributed by atoms with E-state index in [1.54, 1.807) is 57.8 Å². The van der Waals surface area contributed by atoms with Gasteiger partial charge in [0.1, 0.15) is 0 Å². The molecule has 0 spiro atoms. The van der Waals surface area contributed by atoms with E-state index in [1.165, 1.54) is 58.0 Å². The molecule has 5 aliphatic carbocycles. The first kappa shape index (κ1) is 31.0. The molecular weight excluding hydrogens is 454 g/mol. The summed E-state index contributed by atoms with van der Waals surface area (Å²) in [6.07, 6.45) is 23.9. The first-order valence-electron chi connectivity index (χ1n) is 16.5. The Bertz CT molecular complexity index is 689. The van der Waals surface area contributed by atoms with Gasteiger partial charge in [0.25, 0.3) is 6.47 Å². The van der Waals surface area contributed by atoms with Crippen LogP contribution in [0.4, 0.5) is 0 Å². The van der Waals surface area contributed by atoms with Gasteiger partial charge < -0.3 is 10.4 Å². The summed E-state index contributed by atoms with van der Waals surface area (Å²) in [5, 5.41) is 10.3. The maximum Gasteiger partial charge on any atom is 0.290 e. The fraction of sp³-hybridized carbons (Fsp3) is 0.971. The van der Waals surface area contributed by atoms with Crippen molar-refractivity contribution in [1.29, 1.82) is 0 Å². The maximum absolute atomic E-state index is 8.36. The number of nitrogens with one attached hydrogen (secondary N) is 1. The molecule has 37 heavy (non-hydrogen) atoms. The molecule has 0 bridgehead atoms. The molecule has 0 aromatic heterocycles. The second-order valence-corrected chi connectivity index (χ2v) is 14.7. The molecule has 5 fully saturated rings. The van der Waals surface area contributed by atoms with Gasteiger partial charge in [-0.2, -0.15) is 0 Å². The lowest BCUT2D eigenvalue weighted by molar-refractivity contribution is -0.181. The highest BCUT2D eigenvalue weighted by Gasteiger charge is 2.63. The Morgan fingerprint density at radius 1 is 0.757 bits per heavy atom. The Balaban J connectivity index is 0.000000269. The van der Waals surface area contributed by atoms with Gasteiger partial charge in [0.05, 0.1) is 0 Å². The number of hydrogen-bond donors (Lipinski definition) is 2. The number of fused-ring (bicyclic) bond motifs is 7. The standard InChI is InChI=1S/C25H42.C8H19N.CH2O2/c1-17-7-5-14-24(3)19(17)12-16-25(4)21-11-15-23(2)13-6-8-20(23)18(21)9-10-22(24)25;1-3-5-6-8-9-7-4-2;2-1-3/h17-22H,5-16H2,1-4H3;9H,3-8H2,1-2H3;1H,(H,2,3). The molecular formula is C34H63NO2. The van der Waals surface area contributed by atoms with E-state index in [9.17, 15) is 0 Å². The molecule has 9 atom stereocenters. The molecule has 2 N–H and O–H groups in total. The van der Waals surface area contributed by atoms with Crippen LogP contribution in [-0.2, 0) is 4.79 Å². The van der Waals surface area contributed by atoms with Gasteiger partial charge >= 0.3 is 0 Å². The summed E-state index contributed by atoms with van der Waals surface area (Å²) >= 11 is 0. The molecule has 5 saturated carbocycles. The summed E-state index contributed by atoms with van der Waals surface area (Å²) in [7, 11) is 0. The second kappa shape index (κ2) is 13.7. The Labute approximate surface area is 230 Å². The van der Waals surface area contributed by atoms with Crippen LogP contribution in [0.25, 0.3) is 0 Å². The zero-order chi connectivity index (χ0) is 27.1. The van der Waals surface area contributed by atoms with E-state index in [0.717, 1.165) is 40.9 Å². The van der Waals surface area contributed by atoms with Crippen molar-refractivity contribution in [3.63, 3.8) is 0 Å². The van der Waals surface area contributed by atoms with Crippen molar-refractivity contribution in [2.45, 2.75) is 144 Å². The van der Waals surface area contributed by atoms with Crippen molar-refractivity contribution in [3.05, 3.63) is 0 Å². The van der Waals surface area contributed by atoms with E-state index in [4.69, 9.17) is 9.90 Å². The SMILES string of the molecule is CC1CCCC2(C)C1CCC1(C)C3CCC4(C)CCCC4C3CCC21.CCCCCNCCC.O=CO. The average molecular weight is 518 g/mol. The summed E-state index contributed by atoms with van der Waals surface area (Å²) in [6, 6.07) is 0. The molecule has 9 unspecified atom stereocenters. The molecule has 3 heteroatoms. The van der Waals surface area contributed by atoms with E-state index in [-0.39, 0.29) is 6.47 Å². The van der Waals surface area contributed by atoms with E-state index in [0.29, 0.717) is 10.8 Å². The summed E-state index contributed by atoms with van der Waals surface area (Å²) in [4.78, 5) is 8.36. The molecule has 0 heterocycles. The summed E-state index contributed by atoms with van der Waals surface area (Å²) in [5.41, 5.74) is 2.08. The van der Waals surface area contributed by atoms with Gasteiger partial charge in [0.15, 0.2) is 0 Å². The van der Waals surface area contributed by atoms with Crippen molar-refractivity contribution in [1.82, 2.24) is 5.32 Å². The molecule has 216 valence electrons. The highest BCUT2D eigenvalue weighted by molar-refractivity contribution is 5.32. The fourth-order valence-electron chi connectivity index (χ4n) is 11.0. The maximum atomic E-state index is 8.36. The minimum atomic E-state index is -0.250. The lowest BCUT2D eigenvalue weighted by Gasteiger charge is -2.67. The molecule has 0 aliphatic heterocycles. The van der Waals surface area contributed by atoms with E-state index in [1.807, 2.05) is 0 Å². The monoisotopic (exact) mass is 517 g/mol. The summed E-state index contributed by atoms with van der Waals surface area (Å²) in [5.74, 6) is 6.30. The normalized spacial score (nSPS) is 43.9. The largest absolute Gasteiger partial charge is 0.483 e. The Morgan fingerprint density at radius 3 is 2.14 bits per heavy atom. The average Bonchev–Trinajstić information content (AvgIpc) is 3.26. The lowest BCUT2D eigenvalue weighted by atomic mass is 9.38. The topological polar surface area (TPSA) is 49.3 Å². The van der Waals surface area contributed by atoms with Crippen LogP contribution in [-0.4, -0.2) is 24.7 Å². The van der Waals surface area contributed by atoms with Crippen molar-refractivity contribution < 1.29 is 9.90 Å². The first-order valence-corrected chi connectivity index (χ1v) is 16.5. The second-order valence-electron chi connectivity index (χ2n) is 14.7. The molecule has 5 rings (SSSR count). The van der Waals surface area contributed by atoms with Gasteiger partial charge in [-0.25, -0.2) is 0 Å². The highest BCUT2D eigenvalue weighted by atomic mass is 16.3. The Morgan fingerprint density at radius 2 is 1.43 bits per heavy atom. The summed E-state index contributed by atoms with van der Waals surface area (Å²) < 4.78 is 0. The van der Waals surface area contributed by atoms with Gasteiger partial charge in [-0.15, -0.1) is 0 Å². The van der Waals surface area contributed by atoms with E-state index >= 15 is 0 Å². The van der Waals surface area contributed by atoms with Gasteiger partial charge in [-0.1, -0.05) is 73.6 Å². The Hall–Kier alpha value is -0.570. The van der Waals surface area contributed by atoms with Crippen LogP contribution in [0.15, 0.2) is 0 Å². The zero-order valence-corrected chi connectivity index (χ0v) is 25.6. The minimum absolute atomic E-state index is 0.250. The lowest BCUT2D eigenvalue weighted by Crippen LogP contribution is -2.59. The molecule has 0 radical (unpaired) electrons.